The number of hydrogen-bond acceptors (Lipinski definition) is 6. The molecule has 0 aliphatic rings. The lowest BCUT2D eigenvalue weighted by Gasteiger charge is -2.05. The Labute approximate surface area is 168 Å². The molecule has 0 bridgehead atoms. The Morgan fingerprint density at radius 1 is 1.11 bits per heavy atom. The Morgan fingerprint density at radius 2 is 1.96 bits per heavy atom. The van der Waals surface area contributed by atoms with Crippen LogP contribution in [0.25, 0.3) is 32.1 Å². The van der Waals surface area contributed by atoms with Gasteiger partial charge in [-0.3, -0.25) is 9.36 Å². The van der Waals surface area contributed by atoms with E-state index in [4.69, 9.17) is 4.42 Å². The SMILES string of the molecule is Cc1oc(-c2cccs2)nc1Cn1cnc2scc(-c3ccccc3)c2c1=O. The Balaban J connectivity index is 1.57. The summed E-state index contributed by atoms with van der Waals surface area (Å²) in [5, 5.41) is 4.63. The van der Waals surface area contributed by atoms with Crippen LogP contribution >= 0.6 is 22.7 Å². The van der Waals surface area contributed by atoms with E-state index in [1.807, 2.05) is 60.1 Å². The third-order valence-electron chi connectivity index (χ3n) is 4.59. The average molecular weight is 406 g/mol. The van der Waals surface area contributed by atoms with Gasteiger partial charge in [0.05, 0.1) is 23.1 Å². The maximum absolute atomic E-state index is 13.2. The second-order valence-electron chi connectivity index (χ2n) is 6.37. The smallest absolute Gasteiger partial charge is 0.263 e. The van der Waals surface area contributed by atoms with E-state index in [1.165, 1.54) is 11.3 Å². The fourth-order valence-electron chi connectivity index (χ4n) is 3.15. The fourth-order valence-corrected chi connectivity index (χ4v) is 4.71. The molecular weight excluding hydrogens is 390 g/mol. The molecule has 0 atom stereocenters. The molecule has 0 saturated carbocycles. The van der Waals surface area contributed by atoms with Gasteiger partial charge in [-0.25, -0.2) is 9.97 Å². The molecule has 0 fully saturated rings. The summed E-state index contributed by atoms with van der Waals surface area (Å²) in [5.41, 5.74) is 2.61. The zero-order valence-electron chi connectivity index (χ0n) is 15.0. The van der Waals surface area contributed by atoms with Crippen molar-refractivity contribution in [3.05, 3.63) is 81.4 Å². The van der Waals surface area contributed by atoms with Crippen LogP contribution in [0.1, 0.15) is 11.5 Å². The molecule has 5 nitrogen and oxygen atoms in total. The van der Waals surface area contributed by atoms with Crippen LogP contribution < -0.4 is 5.56 Å². The van der Waals surface area contributed by atoms with Crippen LogP contribution in [-0.4, -0.2) is 14.5 Å². The zero-order valence-corrected chi connectivity index (χ0v) is 16.6. The first-order valence-electron chi connectivity index (χ1n) is 8.73. The maximum atomic E-state index is 13.2. The van der Waals surface area contributed by atoms with E-state index in [0.29, 0.717) is 23.6 Å². The van der Waals surface area contributed by atoms with Gasteiger partial charge in [0.2, 0.25) is 5.89 Å². The van der Waals surface area contributed by atoms with Gasteiger partial charge in [0, 0.05) is 10.9 Å². The van der Waals surface area contributed by atoms with Crippen LogP contribution in [0.2, 0.25) is 0 Å². The molecule has 0 aliphatic heterocycles. The number of aromatic nitrogens is 3. The van der Waals surface area contributed by atoms with Gasteiger partial charge in [-0.1, -0.05) is 36.4 Å². The Bertz CT molecular complexity index is 1320. The molecule has 0 N–H and O–H groups in total. The molecule has 28 heavy (non-hydrogen) atoms. The molecule has 4 aromatic heterocycles. The van der Waals surface area contributed by atoms with Crippen molar-refractivity contribution in [3.63, 3.8) is 0 Å². The van der Waals surface area contributed by atoms with Crippen LogP contribution in [0.5, 0.6) is 0 Å². The van der Waals surface area contributed by atoms with E-state index < -0.39 is 0 Å². The number of thiophene rings is 2. The largest absolute Gasteiger partial charge is 0.440 e. The molecule has 5 aromatic rings. The highest BCUT2D eigenvalue weighted by atomic mass is 32.1. The van der Waals surface area contributed by atoms with E-state index in [2.05, 4.69) is 9.97 Å². The monoisotopic (exact) mass is 405 g/mol. The van der Waals surface area contributed by atoms with E-state index in [0.717, 1.165) is 26.5 Å². The molecule has 0 amide bonds. The number of oxazole rings is 1. The summed E-state index contributed by atoms with van der Waals surface area (Å²) >= 11 is 3.06. The Kier molecular flexibility index (Phi) is 4.18. The number of nitrogens with zero attached hydrogens (tertiary/aromatic N) is 3. The lowest BCUT2D eigenvalue weighted by atomic mass is 10.1. The summed E-state index contributed by atoms with van der Waals surface area (Å²) < 4.78 is 7.40. The van der Waals surface area contributed by atoms with Crippen LogP contribution in [0.3, 0.4) is 0 Å². The topological polar surface area (TPSA) is 60.9 Å². The van der Waals surface area contributed by atoms with Crippen molar-refractivity contribution in [1.82, 2.24) is 14.5 Å². The minimum atomic E-state index is -0.0647. The van der Waals surface area contributed by atoms with Gasteiger partial charge in [0.1, 0.15) is 16.3 Å². The standard InChI is InChI=1S/C21H15N3O2S2/c1-13-16(23-19(26-13)17-8-5-9-27-17)10-24-12-22-20-18(21(24)25)15(11-28-20)14-6-3-2-4-7-14/h2-9,11-12H,10H2,1H3. The van der Waals surface area contributed by atoms with Crippen molar-refractivity contribution in [2.45, 2.75) is 13.5 Å². The van der Waals surface area contributed by atoms with Gasteiger partial charge < -0.3 is 4.42 Å². The van der Waals surface area contributed by atoms with Gasteiger partial charge in [-0.15, -0.1) is 22.7 Å². The van der Waals surface area contributed by atoms with Gasteiger partial charge in [-0.2, -0.15) is 0 Å². The zero-order chi connectivity index (χ0) is 19.1. The van der Waals surface area contributed by atoms with Crippen molar-refractivity contribution in [3.8, 4) is 21.9 Å². The molecule has 0 aliphatic carbocycles. The first-order valence-corrected chi connectivity index (χ1v) is 10.5. The van der Waals surface area contributed by atoms with Crippen molar-refractivity contribution >= 4 is 32.9 Å². The lowest BCUT2D eigenvalue weighted by Crippen LogP contribution is -2.21. The number of aryl methyl sites for hydroxylation is 1. The molecular formula is C21H15N3O2S2. The molecule has 0 spiro atoms. The fraction of sp³-hybridized carbons (Fsp3) is 0.0952. The van der Waals surface area contributed by atoms with Gasteiger partial charge in [0.25, 0.3) is 5.56 Å². The van der Waals surface area contributed by atoms with Crippen LogP contribution in [0.4, 0.5) is 0 Å². The summed E-state index contributed by atoms with van der Waals surface area (Å²) in [5.74, 6) is 1.30. The summed E-state index contributed by atoms with van der Waals surface area (Å²) in [7, 11) is 0. The first kappa shape index (κ1) is 17.1. The van der Waals surface area contributed by atoms with E-state index in [1.54, 1.807) is 22.2 Å². The average Bonchev–Trinajstić information content (AvgIpc) is 3.45. The molecule has 4 heterocycles. The van der Waals surface area contributed by atoms with Crippen molar-refractivity contribution < 1.29 is 4.42 Å². The highest BCUT2D eigenvalue weighted by Gasteiger charge is 2.16. The van der Waals surface area contributed by atoms with Crippen LogP contribution in [0.15, 0.2) is 68.8 Å². The number of hydrogen-bond donors (Lipinski definition) is 0. The molecule has 7 heteroatoms. The Hall–Kier alpha value is -3.03. The summed E-state index contributed by atoms with van der Waals surface area (Å²) in [6, 6.07) is 13.9. The van der Waals surface area contributed by atoms with Crippen molar-refractivity contribution in [2.24, 2.45) is 0 Å². The second kappa shape index (κ2) is 6.85. The first-order chi connectivity index (χ1) is 13.7. The molecule has 1 aromatic carbocycles. The number of rotatable bonds is 4. The highest BCUT2D eigenvalue weighted by molar-refractivity contribution is 7.17. The molecule has 0 radical (unpaired) electrons. The minimum Gasteiger partial charge on any atom is -0.440 e. The molecule has 0 unspecified atom stereocenters. The highest BCUT2D eigenvalue weighted by Crippen LogP contribution is 2.30. The van der Waals surface area contributed by atoms with Crippen LogP contribution in [-0.2, 0) is 6.54 Å². The summed E-state index contributed by atoms with van der Waals surface area (Å²) in [4.78, 5) is 24.0. The lowest BCUT2D eigenvalue weighted by molar-refractivity contribution is 0.538. The predicted octanol–water partition coefficient (Wildman–Crippen LogP) is 5.20. The molecule has 5 rings (SSSR count). The number of benzene rings is 1. The van der Waals surface area contributed by atoms with Crippen molar-refractivity contribution in [2.75, 3.05) is 0 Å². The third kappa shape index (κ3) is 2.89. The summed E-state index contributed by atoms with van der Waals surface area (Å²) in [6.07, 6.45) is 1.59. The minimum absolute atomic E-state index is 0.0647. The van der Waals surface area contributed by atoms with Gasteiger partial charge in [0.15, 0.2) is 0 Å². The maximum Gasteiger partial charge on any atom is 0.263 e. The third-order valence-corrected chi connectivity index (χ3v) is 6.33. The Morgan fingerprint density at radius 3 is 2.75 bits per heavy atom. The van der Waals surface area contributed by atoms with E-state index >= 15 is 0 Å². The van der Waals surface area contributed by atoms with Gasteiger partial charge in [-0.05, 0) is 23.9 Å². The number of fused-ring (bicyclic) bond motifs is 1. The molecule has 0 saturated heterocycles. The van der Waals surface area contributed by atoms with Crippen molar-refractivity contribution in [1.29, 1.82) is 0 Å². The second-order valence-corrected chi connectivity index (χ2v) is 8.18. The predicted molar refractivity (Wildman–Crippen MR) is 113 cm³/mol. The molecule has 138 valence electrons. The van der Waals surface area contributed by atoms with E-state index in [9.17, 15) is 4.79 Å². The quantitative estimate of drug-likeness (QED) is 0.412. The van der Waals surface area contributed by atoms with Crippen LogP contribution in [0, 0.1) is 6.92 Å². The summed E-state index contributed by atoms with van der Waals surface area (Å²) in [6.45, 7) is 2.20. The van der Waals surface area contributed by atoms with E-state index in [-0.39, 0.29) is 5.56 Å². The van der Waals surface area contributed by atoms with Gasteiger partial charge >= 0.3 is 0 Å². The normalized spacial score (nSPS) is 11.3.